The number of ketones is 2. The van der Waals surface area contributed by atoms with E-state index in [1.165, 1.54) is 13.0 Å². The van der Waals surface area contributed by atoms with Gasteiger partial charge in [-0.1, -0.05) is 31.6 Å². The summed E-state index contributed by atoms with van der Waals surface area (Å²) in [4.78, 5) is 54.5. The second-order valence-corrected chi connectivity index (χ2v) is 12.9. The quantitative estimate of drug-likeness (QED) is 0.366. The van der Waals surface area contributed by atoms with Gasteiger partial charge in [0.15, 0.2) is 28.4 Å². The van der Waals surface area contributed by atoms with Gasteiger partial charge in [-0.3, -0.25) is 14.4 Å². The van der Waals surface area contributed by atoms with Gasteiger partial charge in [0.2, 0.25) is 5.79 Å². The van der Waals surface area contributed by atoms with E-state index in [0.717, 1.165) is 5.57 Å². The molecule has 0 amide bonds. The van der Waals surface area contributed by atoms with Crippen LogP contribution in [0.2, 0.25) is 0 Å². The normalized spacial score (nSPS) is 57.4. The van der Waals surface area contributed by atoms with Gasteiger partial charge in [0.25, 0.3) is 0 Å². The highest BCUT2D eigenvalue weighted by molar-refractivity contribution is 6.00. The first kappa shape index (κ1) is 23.7. The maximum atomic E-state index is 14.6. The number of aliphatic hydroxyl groups is 2. The number of allylic oxidation sites excluding steroid dienone is 4. The van der Waals surface area contributed by atoms with Gasteiger partial charge in [0, 0.05) is 5.92 Å². The lowest BCUT2D eigenvalue weighted by molar-refractivity contribution is -0.346. The summed E-state index contributed by atoms with van der Waals surface area (Å²) in [7, 11) is 0. The largest absolute Gasteiger partial charge is 0.458 e. The summed E-state index contributed by atoms with van der Waals surface area (Å²) in [6.45, 7) is 6.80. The molecule has 4 aliphatic heterocycles. The minimum absolute atomic E-state index is 0.118. The lowest BCUT2D eigenvalue weighted by Crippen LogP contribution is -2.78. The van der Waals surface area contributed by atoms with Crippen LogP contribution in [0.5, 0.6) is 0 Å². The van der Waals surface area contributed by atoms with Gasteiger partial charge in [-0.2, -0.15) is 0 Å². The van der Waals surface area contributed by atoms with Crippen LogP contribution in [0, 0.1) is 34.5 Å². The zero-order valence-electron chi connectivity index (χ0n) is 21.4. The molecular weight excluding hydrogens is 480 g/mol. The van der Waals surface area contributed by atoms with E-state index in [-0.39, 0.29) is 25.0 Å². The van der Waals surface area contributed by atoms with Gasteiger partial charge in [-0.25, -0.2) is 4.79 Å². The first-order chi connectivity index (χ1) is 17.2. The molecule has 7 aliphatic rings. The fraction of sp³-hybridized carbons (Fsp3) is 0.714. The van der Waals surface area contributed by atoms with Crippen LogP contribution in [0.3, 0.4) is 0 Å². The minimum atomic E-state index is -2.39. The summed E-state index contributed by atoms with van der Waals surface area (Å²) in [6.07, 6.45) is 5.49. The molecule has 4 heterocycles. The molecule has 198 valence electrons. The van der Waals surface area contributed by atoms with E-state index in [9.17, 15) is 29.4 Å². The summed E-state index contributed by atoms with van der Waals surface area (Å²) in [5.74, 6) is -7.97. The molecule has 7 rings (SSSR count). The Labute approximate surface area is 214 Å². The predicted octanol–water partition coefficient (Wildman–Crippen LogP) is 1.54. The molecule has 37 heavy (non-hydrogen) atoms. The van der Waals surface area contributed by atoms with Crippen LogP contribution in [0.15, 0.2) is 23.8 Å². The Morgan fingerprint density at radius 2 is 1.78 bits per heavy atom. The highest BCUT2D eigenvalue weighted by Crippen LogP contribution is 2.73. The number of carbonyl (C=O) groups is 4. The van der Waals surface area contributed by atoms with Crippen LogP contribution in [0.25, 0.3) is 0 Å². The molecule has 3 aliphatic carbocycles. The third-order valence-corrected chi connectivity index (χ3v) is 11.8. The molecule has 0 aromatic carbocycles. The average Bonchev–Trinajstić information content (AvgIpc) is 3.19. The fourth-order valence-corrected chi connectivity index (χ4v) is 9.47. The number of carbonyl (C=O) groups excluding carboxylic acids is 4. The van der Waals surface area contributed by atoms with Crippen molar-refractivity contribution in [1.29, 1.82) is 0 Å². The lowest BCUT2D eigenvalue weighted by Gasteiger charge is -2.61. The monoisotopic (exact) mass is 512 g/mol. The summed E-state index contributed by atoms with van der Waals surface area (Å²) >= 11 is 0. The second kappa shape index (κ2) is 6.43. The van der Waals surface area contributed by atoms with Gasteiger partial charge in [0.1, 0.15) is 6.10 Å². The van der Waals surface area contributed by atoms with E-state index >= 15 is 0 Å². The number of hydrogen-bond donors (Lipinski definition) is 2. The van der Waals surface area contributed by atoms with Gasteiger partial charge < -0.3 is 24.4 Å². The Balaban J connectivity index is 1.50. The SMILES string of the molecule is CC1C(=O)OC2CC1(C)C1C(=O)C3(O)OC14C(O)(CCC1C3CC=C3CC=CC(=O)C31C)C(=O)OC24C. The Morgan fingerprint density at radius 3 is 2.51 bits per heavy atom. The van der Waals surface area contributed by atoms with Crippen molar-refractivity contribution in [3.63, 3.8) is 0 Å². The third kappa shape index (κ3) is 2.17. The van der Waals surface area contributed by atoms with Crippen molar-refractivity contribution in [2.24, 2.45) is 34.5 Å². The smallest absolute Gasteiger partial charge is 0.342 e. The van der Waals surface area contributed by atoms with Gasteiger partial charge in [-0.15, -0.1) is 0 Å². The van der Waals surface area contributed by atoms with E-state index in [4.69, 9.17) is 14.2 Å². The number of Topliss-reactive ketones (excluding diaryl/α,β-unsaturated/α-hetero) is 1. The molecular formula is C28H32O9. The van der Waals surface area contributed by atoms with Crippen molar-refractivity contribution in [2.75, 3.05) is 0 Å². The second-order valence-electron chi connectivity index (χ2n) is 12.9. The van der Waals surface area contributed by atoms with Crippen molar-refractivity contribution in [2.45, 2.75) is 88.5 Å². The molecule has 4 saturated heterocycles. The van der Waals surface area contributed by atoms with E-state index < -0.39 is 80.9 Å². The Kier molecular flexibility index (Phi) is 4.13. The molecule has 9 heteroatoms. The number of ether oxygens (including phenoxy) is 3. The van der Waals surface area contributed by atoms with E-state index in [0.29, 0.717) is 12.8 Å². The number of rotatable bonds is 0. The summed E-state index contributed by atoms with van der Waals surface area (Å²) in [5, 5.41) is 24.6. The third-order valence-electron chi connectivity index (χ3n) is 11.8. The van der Waals surface area contributed by atoms with E-state index in [2.05, 4.69) is 0 Å². The van der Waals surface area contributed by atoms with Crippen LogP contribution in [-0.4, -0.2) is 62.4 Å². The molecule has 1 saturated carbocycles. The Bertz CT molecular complexity index is 1270. The van der Waals surface area contributed by atoms with Crippen LogP contribution in [-0.2, 0) is 33.4 Å². The number of esters is 2. The number of fused-ring (bicyclic) bond motifs is 9. The molecule has 5 fully saturated rings. The topological polar surface area (TPSA) is 136 Å². The zero-order chi connectivity index (χ0) is 26.6. The Hall–Kier alpha value is -2.36. The molecule has 11 atom stereocenters. The highest BCUT2D eigenvalue weighted by Gasteiger charge is 2.91. The molecule has 2 N–H and O–H groups in total. The summed E-state index contributed by atoms with van der Waals surface area (Å²) in [6, 6.07) is 0. The molecule has 1 spiro atoms. The standard InChI is InChI=1S/C28H32O9/c1-13-21(31)35-18-12-23(13,2)19-20(30)27(34)16-9-8-14-6-5-7-17(29)24(14,3)15(16)10-11-26(33)22(32)36-25(18,4)28(19,26)37-27/h5,7-8,13,15-16,18-19,33-34H,6,9-12H2,1-4H3. The molecule has 11 unspecified atom stereocenters. The Morgan fingerprint density at radius 1 is 1.05 bits per heavy atom. The number of hydrogen-bond acceptors (Lipinski definition) is 9. The minimum Gasteiger partial charge on any atom is -0.458 e. The van der Waals surface area contributed by atoms with Crippen molar-refractivity contribution in [3.05, 3.63) is 23.8 Å². The molecule has 4 bridgehead atoms. The van der Waals surface area contributed by atoms with Gasteiger partial charge in [0.05, 0.1) is 17.3 Å². The maximum absolute atomic E-state index is 14.6. The molecule has 0 aromatic rings. The van der Waals surface area contributed by atoms with Crippen molar-refractivity contribution in [3.8, 4) is 0 Å². The first-order valence-corrected chi connectivity index (χ1v) is 13.3. The van der Waals surface area contributed by atoms with Crippen LogP contribution < -0.4 is 0 Å². The van der Waals surface area contributed by atoms with Crippen LogP contribution in [0.1, 0.15) is 59.8 Å². The van der Waals surface area contributed by atoms with Crippen molar-refractivity contribution >= 4 is 23.5 Å². The first-order valence-electron chi connectivity index (χ1n) is 13.3. The summed E-state index contributed by atoms with van der Waals surface area (Å²) in [5.41, 5.74) is -7.09. The van der Waals surface area contributed by atoms with Crippen molar-refractivity contribution in [1.82, 2.24) is 0 Å². The highest BCUT2D eigenvalue weighted by atomic mass is 16.7. The van der Waals surface area contributed by atoms with Crippen molar-refractivity contribution < 1.29 is 43.6 Å². The van der Waals surface area contributed by atoms with E-state index in [1.54, 1.807) is 19.9 Å². The van der Waals surface area contributed by atoms with Crippen LogP contribution in [0.4, 0.5) is 0 Å². The summed E-state index contributed by atoms with van der Waals surface area (Å²) < 4.78 is 18.1. The van der Waals surface area contributed by atoms with Gasteiger partial charge in [-0.05, 0) is 63.4 Å². The predicted molar refractivity (Wildman–Crippen MR) is 124 cm³/mol. The van der Waals surface area contributed by atoms with E-state index in [1.807, 2.05) is 13.0 Å². The zero-order valence-corrected chi connectivity index (χ0v) is 21.4. The fourth-order valence-electron chi connectivity index (χ4n) is 9.47. The molecule has 0 radical (unpaired) electrons. The molecule has 9 nitrogen and oxygen atoms in total. The molecule has 0 aromatic heterocycles. The van der Waals surface area contributed by atoms with Crippen LogP contribution >= 0.6 is 0 Å². The maximum Gasteiger partial charge on any atom is 0.342 e. The van der Waals surface area contributed by atoms with Gasteiger partial charge >= 0.3 is 11.9 Å². The lowest BCUT2D eigenvalue weighted by atomic mass is 9.46. The average molecular weight is 513 g/mol.